The minimum absolute atomic E-state index is 0.192. The number of rotatable bonds is 5. The molecule has 0 bridgehead atoms. The molecule has 1 amide bonds. The number of nitrogens with zero attached hydrogens (tertiary/aromatic N) is 3. The average Bonchev–Trinajstić information content (AvgIpc) is 3.22. The lowest BCUT2D eigenvalue weighted by molar-refractivity contribution is -0.130. The SMILES string of the molecule is Cc1nc2c(c(NC(Cc3ccccc3)C(=O)N3CCCC3)n1)CCCC2. The number of aromatic nitrogens is 2. The number of nitrogens with one attached hydrogen (secondary N) is 1. The Morgan fingerprint density at radius 1 is 1.07 bits per heavy atom. The van der Waals surface area contributed by atoms with Crippen molar-refractivity contribution in [3.8, 4) is 0 Å². The zero-order valence-electron chi connectivity index (χ0n) is 16.1. The number of hydrogen-bond donors (Lipinski definition) is 1. The Kier molecular flexibility index (Phi) is 5.37. The molecule has 0 saturated carbocycles. The Morgan fingerprint density at radius 2 is 1.81 bits per heavy atom. The van der Waals surface area contributed by atoms with Crippen molar-refractivity contribution in [2.24, 2.45) is 0 Å². The van der Waals surface area contributed by atoms with E-state index in [1.807, 2.05) is 30.0 Å². The van der Waals surface area contributed by atoms with Gasteiger partial charge in [-0.2, -0.15) is 0 Å². The summed E-state index contributed by atoms with van der Waals surface area (Å²) in [4.78, 5) is 24.6. The van der Waals surface area contributed by atoms with Crippen LogP contribution in [-0.2, 0) is 24.1 Å². The summed E-state index contributed by atoms with van der Waals surface area (Å²) in [6.45, 7) is 3.67. The molecule has 5 nitrogen and oxygen atoms in total. The van der Waals surface area contributed by atoms with Gasteiger partial charge in [-0.1, -0.05) is 30.3 Å². The first-order chi connectivity index (χ1) is 13.2. The topological polar surface area (TPSA) is 58.1 Å². The van der Waals surface area contributed by atoms with Crippen molar-refractivity contribution in [2.45, 2.75) is 57.9 Å². The average molecular weight is 364 g/mol. The van der Waals surface area contributed by atoms with Crippen LogP contribution in [0.1, 0.15) is 48.3 Å². The third-order valence-corrected chi connectivity index (χ3v) is 5.60. The minimum atomic E-state index is -0.286. The fourth-order valence-electron chi connectivity index (χ4n) is 4.21. The molecule has 1 fully saturated rings. The van der Waals surface area contributed by atoms with Gasteiger partial charge in [0, 0.05) is 30.8 Å². The summed E-state index contributed by atoms with van der Waals surface area (Å²) < 4.78 is 0. The number of anilines is 1. The molecule has 1 aliphatic heterocycles. The Morgan fingerprint density at radius 3 is 2.59 bits per heavy atom. The number of carbonyl (C=O) groups is 1. The lowest BCUT2D eigenvalue weighted by Gasteiger charge is -2.27. The van der Waals surface area contributed by atoms with Crippen molar-refractivity contribution in [1.82, 2.24) is 14.9 Å². The lowest BCUT2D eigenvalue weighted by Crippen LogP contribution is -2.43. The summed E-state index contributed by atoms with van der Waals surface area (Å²) in [5.41, 5.74) is 3.53. The molecule has 142 valence electrons. The third-order valence-electron chi connectivity index (χ3n) is 5.60. The summed E-state index contributed by atoms with van der Waals surface area (Å²) >= 11 is 0. The Labute approximate surface area is 161 Å². The number of aryl methyl sites for hydroxylation is 2. The first-order valence-electron chi connectivity index (χ1n) is 10.2. The molecule has 1 aromatic heterocycles. The quantitative estimate of drug-likeness (QED) is 0.884. The third kappa shape index (κ3) is 4.12. The number of amides is 1. The molecule has 5 heteroatoms. The molecule has 0 radical (unpaired) electrons. The van der Waals surface area contributed by atoms with Gasteiger partial charge in [0.15, 0.2) is 0 Å². The molecular formula is C22H28N4O. The molecular weight excluding hydrogens is 336 g/mol. The van der Waals surface area contributed by atoms with Crippen LogP contribution in [0.15, 0.2) is 30.3 Å². The van der Waals surface area contributed by atoms with Gasteiger partial charge in [0.2, 0.25) is 5.91 Å². The molecule has 1 saturated heterocycles. The maximum Gasteiger partial charge on any atom is 0.245 e. The van der Waals surface area contributed by atoms with Gasteiger partial charge in [0.05, 0.1) is 0 Å². The fraction of sp³-hybridized carbons (Fsp3) is 0.500. The highest BCUT2D eigenvalue weighted by Crippen LogP contribution is 2.26. The maximum atomic E-state index is 13.2. The smallest absolute Gasteiger partial charge is 0.245 e. The Hall–Kier alpha value is -2.43. The van der Waals surface area contributed by atoms with E-state index in [1.165, 1.54) is 17.5 Å². The predicted octanol–water partition coefficient (Wildman–Crippen LogP) is 3.31. The molecule has 4 rings (SSSR count). The first-order valence-corrected chi connectivity index (χ1v) is 10.2. The van der Waals surface area contributed by atoms with Gasteiger partial charge < -0.3 is 10.2 Å². The summed E-state index contributed by atoms with van der Waals surface area (Å²) in [6.07, 6.45) is 7.23. The van der Waals surface area contributed by atoms with E-state index in [1.54, 1.807) is 0 Å². The van der Waals surface area contributed by atoms with Gasteiger partial charge >= 0.3 is 0 Å². The largest absolute Gasteiger partial charge is 0.358 e. The van der Waals surface area contributed by atoms with Gasteiger partial charge in [0.25, 0.3) is 0 Å². The zero-order chi connectivity index (χ0) is 18.6. The van der Waals surface area contributed by atoms with Crippen LogP contribution in [0.2, 0.25) is 0 Å². The van der Waals surface area contributed by atoms with Gasteiger partial charge in [0.1, 0.15) is 17.7 Å². The number of benzene rings is 1. The van der Waals surface area contributed by atoms with Crippen molar-refractivity contribution < 1.29 is 4.79 Å². The van der Waals surface area contributed by atoms with E-state index in [9.17, 15) is 4.79 Å². The molecule has 1 atom stereocenters. The van der Waals surface area contributed by atoms with E-state index in [-0.39, 0.29) is 11.9 Å². The Bertz CT molecular complexity index is 799. The molecule has 0 spiro atoms. The highest BCUT2D eigenvalue weighted by Gasteiger charge is 2.28. The summed E-state index contributed by atoms with van der Waals surface area (Å²) in [5.74, 6) is 1.84. The second kappa shape index (κ2) is 8.07. The van der Waals surface area contributed by atoms with Crippen LogP contribution in [0.25, 0.3) is 0 Å². The van der Waals surface area contributed by atoms with E-state index in [0.717, 1.165) is 62.5 Å². The van der Waals surface area contributed by atoms with Crippen LogP contribution in [0.4, 0.5) is 5.82 Å². The second-order valence-corrected chi connectivity index (χ2v) is 7.67. The van der Waals surface area contributed by atoms with E-state index in [4.69, 9.17) is 0 Å². The highest BCUT2D eigenvalue weighted by atomic mass is 16.2. The second-order valence-electron chi connectivity index (χ2n) is 7.67. The molecule has 2 aliphatic rings. The normalized spacial score (nSPS) is 17.4. The van der Waals surface area contributed by atoms with Gasteiger partial charge in [-0.25, -0.2) is 9.97 Å². The van der Waals surface area contributed by atoms with Gasteiger partial charge in [-0.15, -0.1) is 0 Å². The lowest BCUT2D eigenvalue weighted by atomic mass is 9.95. The fourth-order valence-corrected chi connectivity index (χ4v) is 4.21. The van der Waals surface area contributed by atoms with Crippen LogP contribution < -0.4 is 5.32 Å². The van der Waals surface area contributed by atoms with Crippen molar-refractivity contribution >= 4 is 11.7 Å². The highest BCUT2D eigenvalue weighted by molar-refractivity contribution is 5.85. The van der Waals surface area contributed by atoms with Crippen molar-refractivity contribution in [2.75, 3.05) is 18.4 Å². The number of carbonyl (C=O) groups excluding carboxylic acids is 1. The summed E-state index contributed by atoms with van der Waals surface area (Å²) in [6, 6.07) is 9.97. The van der Waals surface area contributed by atoms with Crippen molar-refractivity contribution in [1.29, 1.82) is 0 Å². The number of hydrogen-bond acceptors (Lipinski definition) is 4. The van der Waals surface area contributed by atoms with Crippen LogP contribution >= 0.6 is 0 Å². The number of fused-ring (bicyclic) bond motifs is 1. The molecule has 2 heterocycles. The van der Waals surface area contributed by atoms with E-state index >= 15 is 0 Å². The molecule has 1 aromatic carbocycles. The maximum absolute atomic E-state index is 13.2. The summed E-state index contributed by atoms with van der Waals surface area (Å²) in [7, 11) is 0. The van der Waals surface area contributed by atoms with Gasteiger partial charge in [-0.05, 0) is 51.0 Å². The minimum Gasteiger partial charge on any atom is -0.358 e. The predicted molar refractivity (Wildman–Crippen MR) is 107 cm³/mol. The van der Waals surface area contributed by atoms with E-state index < -0.39 is 0 Å². The molecule has 1 unspecified atom stereocenters. The molecule has 1 N–H and O–H groups in total. The first kappa shape index (κ1) is 18.0. The van der Waals surface area contributed by atoms with E-state index in [0.29, 0.717) is 6.42 Å². The van der Waals surface area contributed by atoms with Crippen molar-refractivity contribution in [3.63, 3.8) is 0 Å². The summed E-state index contributed by atoms with van der Waals surface area (Å²) in [5, 5.41) is 3.53. The van der Waals surface area contributed by atoms with Crippen LogP contribution in [0, 0.1) is 6.92 Å². The standard InChI is InChI=1S/C22H28N4O/c1-16-23-19-12-6-5-11-18(19)21(24-16)25-20(15-17-9-3-2-4-10-17)22(27)26-13-7-8-14-26/h2-4,9-10,20H,5-8,11-15H2,1H3,(H,23,24,25). The van der Waals surface area contributed by atoms with Crippen LogP contribution in [-0.4, -0.2) is 39.9 Å². The Balaban J connectivity index is 1.62. The molecule has 2 aromatic rings. The monoisotopic (exact) mass is 364 g/mol. The zero-order valence-corrected chi connectivity index (χ0v) is 16.1. The number of likely N-dealkylation sites (tertiary alicyclic amines) is 1. The van der Waals surface area contributed by atoms with Crippen LogP contribution in [0.3, 0.4) is 0 Å². The van der Waals surface area contributed by atoms with E-state index in [2.05, 4.69) is 27.4 Å². The molecule has 27 heavy (non-hydrogen) atoms. The molecule has 1 aliphatic carbocycles. The van der Waals surface area contributed by atoms with Gasteiger partial charge in [-0.3, -0.25) is 4.79 Å². The van der Waals surface area contributed by atoms with Crippen molar-refractivity contribution in [3.05, 3.63) is 53.0 Å². The van der Waals surface area contributed by atoms with Crippen LogP contribution in [0.5, 0.6) is 0 Å².